The van der Waals surface area contributed by atoms with E-state index < -0.39 is 0 Å². The minimum absolute atomic E-state index is 0.131. The molecule has 0 aliphatic rings. The second-order valence-electron chi connectivity index (χ2n) is 6.74. The highest BCUT2D eigenvalue weighted by Gasteiger charge is 2.19. The van der Waals surface area contributed by atoms with E-state index in [2.05, 4.69) is 15.4 Å². The Hall–Kier alpha value is -3.09. The van der Waals surface area contributed by atoms with Crippen LogP contribution in [0.4, 0.5) is 0 Å². The topological polar surface area (TPSA) is 77.8 Å². The molecule has 0 saturated heterocycles. The lowest BCUT2D eigenvalue weighted by Crippen LogP contribution is -2.25. The van der Waals surface area contributed by atoms with Gasteiger partial charge in [0.05, 0.1) is 30.2 Å². The molecule has 0 unspecified atom stereocenters. The summed E-state index contributed by atoms with van der Waals surface area (Å²) in [5.74, 6) is 1.28. The van der Waals surface area contributed by atoms with Crippen LogP contribution in [0, 0.1) is 13.8 Å². The van der Waals surface area contributed by atoms with Crippen LogP contribution in [-0.4, -0.2) is 40.3 Å². The van der Waals surface area contributed by atoms with Crippen LogP contribution >= 0.6 is 0 Å². The highest BCUT2D eigenvalue weighted by atomic mass is 16.5. The first-order valence-corrected chi connectivity index (χ1v) is 10.0. The zero-order chi connectivity index (χ0) is 21.0. The number of hydrogen-bond acceptors (Lipinski definition) is 5. The third kappa shape index (κ3) is 4.04. The molecule has 0 atom stereocenters. The first kappa shape index (κ1) is 20.6. The van der Waals surface area contributed by atoms with Gasteiger partial charge in [-0.05, 0) is 51.8 Å². The number of benzene rings is 1. The van der Waals surface area contributed by atoms with Gasteiger partial charge >= 0.3 is 0 Å². The number of carbonyl (C=O) groups excluding carboxylic acids is 1. The molecule has 2 heterocycles. The van der Waals surface area contributed by atoms with Crippen molar-refractivity contribution in [2.24, 2.45) is 0 Å². The van der Waals surface area contributed by atoms with Gasteiger partial charge in [0.2, 0.25) is 0 Å². The van der Waals surface area contributed by atoms with Gasteiger partial charge in [0.25, 0.3) is 5.91 Å². The predicted octanol–water partition coefficient (Wildman–Crippen LogP) is 3.95. The number of hydrogen-bond donors (Lipinski definition) is 1. The van der Waals surface area contributed by atoms with Crippen molar-refractivity contribution in [3.8, 4) is 22.6 Å². The molecule has 1 aromatic carbocycles. The predicted molar refractivity (Wildman–Crippen MR) is 113 cm³/mol. The Balaban J connectivity index is 2.09. The maximum absolute atomic E-state index is 12.4. The van der Waals surface area contributed by atoms with Gasteiger partial charge in [-0.3, -0.25) is 4.79 Å². The Morgan fingerprint density at radius 1 is 1.10 bits per heavy atom. The quantitative estimate of drug-likeness (QED) is 0.624. The highest BCUT2D eigenvalue weighted by molar-refractivity contribution is 5.95. The molecular weight excluding hydrogens is 368 g/mol. The third-order valence-corrected chi connectivity index (χ3v) is 4.67. The summed E-state index contributed by atoms with van der Waals surface area (Å²) in [7, 11) is 0. The molecule has 0 radical (unpaired) electrons. The molecule has 0 aliphatic carbocycles. The van der Waals surface area contributed by atoms with Crippen LogP contribution in [0.25, 0.3) is 16.8 Å². The molecule has 154 valence electrons. The minimum atomic E-state index is -0.131. The summed E-state index contributed by atoms with van der Waals surface area (Å²) in [4.78, 5) is 17.0. The minimum Gasteiger partial charge on any atom is -0.490 e. The van der Waals surface area contributed by atoms with Gasteiger partial charge in [0, 0.05) is 18.3 Å². The molecule has 3 aromatic rings. The molecular formula is C22H28N4O3. The van der Waals surface area contributed by atoms with Crippen molar-refractivity contribution in [2.45, 2.75) is 41.0 Å². The van der Waals surface area contributed by atoms with Gasteiger partial charge in [-0.15, -0.1) is 0 Å². The van der Waals surface area contributed by atoms with Gasteiger partial charge in [-0.25, -0.2) is 9.50 Å². The van der Waals surface area contributed by atoms with Crippen molar-refractivity contribution in [3.63, 3.8) is 0 Å². The fourth-order valence-electron chi connectivity index (χ4n) is 3.30. The van der Waals surface area contributed by atoms with E-state index in [0.717, 1.165) is 28.9 Å². The molecule has 1 N–H and O–H groups in total. The number of aryl methyl sites for hydroxylation is 2. The highest BCUT2D eigenvalue weighted by Crippen LogP contribution is 2.35. The van der Waals surface area contributed by atoms with Gasteiger partial charge in [0.15, 0.2) is 17.1 Å². The van der Waals surface area contributed by atoms with Gasteiger partial charge in [0.1, 0.15) is 0 Å². The van der Waals surface area contributed by atoms with E-state index >= 15 is 0 Å². The Bertz CT molecular complexity index is 1030. The number of fused-ring (bicyclic) bond motifs is 1. The summed E-state index contributed by atoms with van der Waals surface area (Å²) < 4.78 is 13.2. The average Bonchev–Trinajstić information content (AvgIpc) is 3.05. The van der Waals surface area contributed by atoms with Gasteiger partial charge < -0.3 is 14.8 Å². The number of nitrogens with zero attached hydrogens (tertiary/aromatic N) is 3. The molecule has 0 bridgehead atoms. The van der Waals surface area contributed by atoms with E-state index in [-0.39, 0.29) is 5.91 Å². The molecule has 0 spiro atoms. The van der Waals surface area contributed by atoms with E-state index in [1.54, 1.807) is 10.7 Å². The van der Waals surface area contributed by atoms with E-state index in [9.17, 15) is 4.79 Å². The van der Waals surface area contributed by atoms with Crippen molar-refractivity contribution in [1.82, 2.24) is 19.9 Å². The SMILES string of the molecule is CCCNC(=O)c1cnc2c(-c3ccc(OCC)c(OCC)c3)c(C)nn2c1C. The second-order valence-corrected chi connectivity index (χ2v) is 6.74. The Morgan fingerprint density at radius 3 is 2.52 bits per heavy atom. The normalized spacial score (nSPS) is 10.9. The maximum Gasteiger partial charge on any atom is 0.254 e. The van der Waals surface area contributed by atoms with Crippen molar-refractivity contribution in [3.05, 3.63) is 41.3 Å². The zero-order valence-corrected chi connectivity index (χ0v) is 17.7. The van der Waals surface area contributed by atoms with E-state index in [1.165, 1.54) is 0 Å². The summed E-state index contributed by atoms with van der Waals surface area (Å²) in [5.41, 5.74) is 4.68. The molecule has 29 heavy (non-hydrogen) atoms. The van der Waals surface area contributed by atoms with Crippen molar-refractivity contribution in [1.29, 1.82) is 0 Å². The second kappa shape index (κ2) is 8.94. The van der Waals surface area contributed by atoms with Crippen LogP contribution in [0.1, 0.15) is 48.9 Å². The van der Waals surface area contributed by atoms with Crippen molar-refractivity contribution in [2.75, 3.05) is 19.8 Å². The number of amides is 1. The largest absolute Gasteiger partial charge is 0.490 e. The number of carbonyl (C=O) groups is 1. The molecule has 1 amide bonds. The standard InChI is InChI=1S/C22H28N4O3/c1-6-11-23-22(27)17-13-24-21-20(14(4)25-26(21)15(17)5)16-9-10-18(28-7-2)19(12-16)29-8-3/h9-10,12-13H,6-8,11H2,1-5H3,(H,23,27). The number of aromatic nitrogens is 3. The number of nitrogens with one attached hydrogen (secondary N) is 1. The lowest BCUT2D eigenvalue weighted by Gasteiger charge is -2.12. The monoisotopic (exact) mass is 396 g/mol. The first-order chi connectivity index (χ1) is 14.0. The van der Waals surface area contributed by atoms with Crippen LogP contribution in [0.5, 0.6) is 11.5 Å². The Morgan fingerprint density at radius 2 is 1.83 bits per heavy atom. The van der Waals surface area contributed by atoms with Crippen LogP contribution in [-0.2, 0) is 0 Å². The lowest BCUT2D eigenvalue weighted by molar-refractivity contribution is 0.0952. The van der Waals surface area contributed by atoms with E-state index in [0.29, 0.717) is 42.5 Å². The summed E-state index contributed by atoms with van der Waals surface area (Å²) in [6, 6.07) is 5.85. The molecule has 0 saturated carbocycles. The van der Waals surface area contributed by atoms with Crippen LogP contribution < -0.4 is 14.8 Å². The Labute approximate surface area is 171 Å². The fraction of sp³-hybridized carbons (Fsp3) is 0.409. The molecule has 3 rings (SSSR count). The summed E-state index contributed by atoms with van der Waals surface area (Å²) in [6.45, 7) is 11.5. The van der Waals surface area contributed by atoms with E-state index in [4.69, 9.17) is 9.47 Å². The van der Waals surface area contributed by atoms with Crippen LogP contribution in [0.2, 0.25) is 0 Å². The van der Waals surface area contributed by atoms with Crippen LogP contribution in [0.3, 0.4) is 0 Å². The number of rotatable bonds is 8. The van der Waals surface area contributed by atoms with Crippen LogP contribution in [0.15, 0.2) is 24.4 Å². The van der Waals surface area contributed by atoms with Crippen molar-refractivity contribution < 1.29 is 14.3 Å². The molecule has 0 fully saturated rings. The molecule has 7 nitrogen and oxygen atoms in total. The summed E-state index contributed by atoms with van der Waals surface area (Å²) in [5, 5.41) is 7.55. The average molecular weight is 396 g/mol. The lowest BCUT2D eigenvalue weighted by atomic mass is 10.1. The third-order valence-electron chi connectivity index (χ3n) is 4.67. The molecule has 2 aromatic heterocycles. The molecule has 0 aliphatic heterocycles. The van der Waals surface area contributed by atoms with Crippen molar-refractivity contribution >= 4 is 11.6 Å². The number of ether oxygens (including phenoxy) is 2. The van der Waals surface area contributed by atoms with Gasteiger partial charge in [-0.2, -0.15) is 5.10 Å². The fourth-order valence-corrected chi connectivity index (χ4v) is 3.30. The zero-order valence-electron chi connectivity index (χ0n) is 17.7. The summed E-state index contributed by atoms with van der Waals surface area (Å²) >= 11 is 0. The Kier molecular flexibility index (Phi) is 6.36. The maximum atomic E-state index is 12.4. The molecule has 7 heteroatoms. The smallest absolute Gasteiger partial charge is 0.254 e. The van der Waals surface area contributed by atoms with E-state index in [1.807, 2.05) is 52.8 Å². The first-order valence-electron chi connectivity index (χ1n) is 10.0. The van der Waals surface area contributed by atoms with Gasteiger partial charge in [-0.1, -0.05) is 13.0 Å². The summed E-state index contributed by atoms with van der Waals surface area (Å²) in [6.07, 6.45) is 2.50.